The number of rotatable bonds is 8. The van der Waals surface area contributed by atoms with Gasteiger partial charge in [-0.1, -0.05) is 6.92 Å². The zero-order valence-electron chi connectivity index (χ0n) is 9.62. The third-order valence-corrected chi connectivity index (χ3v) is 4.27. The van der Waals surface area contributed by atoms with Crippen molar-refractivity contribution in [3.63, 3.8) is 0 Å². The average molecular weight is 234 g/mol. The van der Waals surface area contributed by atoms with Gasteiger partial charge in [0, 0.05) is 6.04 Å². The van der Waals surface area contributed by atoms with Crippen molar-refractivity contribution in [2.24, 2.45) is 5.92 Å². The topological polar surface area (TPSA) is 58.2 Å². The van der Waals surface area contributed by atoms with Crippen LogP contribution in [0.4, 0.5) is 0 Å². The van der Waals surface area contributed by atoms with E-state index in [1.807, 2.05) is 13.8 Å². The molecular formula is C10H22N2O2S. The highest BCUT2D eigenvalue weighted by atomic mass is 32.2. The summed E-state index contributed by atoms with van der Waals surface area (Å²) in [7, 11) is -3.06. The van der Waals surface area contributed by atoms with E-state index in [9.17, 15) is 8.42 Å². The first-order valence-corrected chi connectivity index (χ1v) is 7.41. The molecule has 90 valence electrons. The summed E-state index contributed by atoms with van der Waals surface area (Å²) < 4.78 is 25.9. The van der Waals surface area contributed by atoms with E-state index < -0.39 is 10.0 Å². The van der Waals surface area contributed by atoms with Crippen LogP contribution in [0.25, 0.3) is 0 Å². The average Bonchev–Trinajstić information content (AvgIpc) is 2.94. The molecule has 1 aliphatic rings. The molecule has 0 aromatic rings. The van der Waals surface area contributed by atoms with Gasteiger partial charge < -0.3 is 5.32 Å². The minimum Gasteiger partial charge on any atom is -0.317 e. The Kier molecular flexibility index (Phi) is 5.02. The normalized spacial score (nSPS) is 19.1. The van der Waals surface area contributed by atoms with E-state index in [-0.39, 0.29) is 11.8 Å². The van der Waals surface area contributed by atoms with Gasteiger partial charge in [-0.3, -0.25) is 0 Å². The fourth-order valence-corrected chi connectivity index (χ4v) is 3.00. The van der Waals surface area contributed by atoms with Gasteiger partial charge in [-0.05, 0) is 45.2 Å². The van der Waals surface area contributed by atoms with Crippen molar-refractivity contribution in [2.75, 3.05) is 18.8 Å². The fraction of sp³-hybridized carbons (Fsp3) is 1.00. The largest absolute Gasteiger partial charge is 0.317 e. The lowest BCUT2D eigenvalue weighted by Crippen LogP contribution is -2.36. The molecule has 0 aromatic carbocycles. The van der Waals surface area contributed by atoms with E-state index in [0.717, 1.165) is 13.1 Å². The Morgan fingerprint density at radius 2 is 2.07 bits per heavy atom. The molecule has 0 bridgehead atoms. The van der Waals surface area contributed by atoms with Crippen LogP contribution < -0.4 is 10.0 Å². The van der Waals surface area contributed by atoms with Crippen molar-refractivity contribution < 1.29 is 8.42 Å². The Labute approximate surface area is 92.9 Å². The van der Waals surface area contributed by atoms with Crippen LogP contribution in [0, 0.1) is 5.92 Å². The summed E-state index contributed by atoms with van der Waals surface area (Å²) >= 11 is 0. The molecule has 0 heterocycles. The summed E-state index contributed by atoms with van der Waals surface area (Å²) in [6.45, 7) is 5.64. The molecule has 0 amide bonds. The first kappa shape index (κ1) is 12.9. The lowest BCUT2D eigenvalue weighted by molar-refractivity contribution is 0.535. The molecule has 15 heavy (non-hydrogen) atoms. The van der Waals surface area contributed by atoms with Crippen molar-refractivity contribution in [2.45, 2.75) is 39.2 Å². The maximum Gasteiger partial charge on any atom is 0.211 e. The highest BCUT2D eigenvalue weighted by molar-refractivity contribution is 7.89. The SMILES string of the molecule is CCNCCCS(=O)(=O)NC(C)C1CC1. The van der Waals surface area contributed by atoms with Crippen LogP contribution in [0.1, 0.15) is 33.1 Å². The maximum absolute atomic E-state index is 11.6. The van der Waals surface area contributed by atoms with Crippen molar-refractivity contribution in [1.82, 2.24) is 10.0 Å². The molecule has 0 saturated heterocycles. The molecule has 1 aliphatic carbocycles. The van der Waals surface area contributed by atoms with Crippen LogP contribution in [0.15, 0.2) is 0 Å². The molecule has 4 nitrogen and oxygen atoms in total. The molecule has 5 heteroatoms. The van der Waals surface area contributed by atoms with Crippen LogP contribution in [0.3, 0.4) is 0 Å². The Balaban J connectivity index is 2.19. The summed E-state index contributed by atoms with van der Waals surface area (Å²) in [5, 5.41) is 3.12. The van der Waals surface area contributed by atoms with E-state index in [0.29, 0.717) is 12.3 Å². The zero-order chi connectivity index (χ0) is 11.3. The minimum absolute atomic E-state index is 0.120. The zero-order valence-corrected chi connectivity index (χ0v) is 10.4. The second kappa shape index (κ2) is 5.82. The third-order valence-electron chi connectivity index (χ3n) is 2.71. The molecule has 0 spiro atoms. The van der Waals surface area contributed by atoms with Crippen molar-refractivity contribution >= 4 is 10.0 Å². The van der Waals surface area contributed by atoms with Gasteiger partial charge >= 0.3 is 0 Å². The van der Waals surface area contributed by atoms with E-state index in [1.165, 1.54) is 12.8 Å². The molecule has 2 N–H and O–H groups in total. The van der Waals surface area contributed by atoms with Crippen LogP contribution in [0.5, 0.6) is 0 Å². The van der Waals surface area contributed by atoms with Crippen LogP contribution >= 0.6 is 0 Å². The Hall–Kier alpha value is -0.130. The van der Waals surface area contributed by atoms with Crippen molar-refractivity contribution in [3.05, 3.63) is 0 Å². The molecule has 0 radical (unpaired) electrons. The molecule has 0 aromatic heterocycles. The first-order valence-electron chi connectivity index (χ1n) is 5.76. The van der Waals surface area contributed by atoms with Gasteiger partial charge in [-0.2, -0.15) is 0 Å². The summed E-state index contributed by atoms with van der Waals surface area (Å²) in [5.41, 5.74) is 0. The lowest BCUT2D eigenvalue weighted by Gasteiger charge is -2.13. The van der Waals surface area contributed by atoms with Gasteiger partial charge in [-0.25, -0.2) is 13.1 Å². The highest BCUT2D eigenvalue weighted by Gasteiger charge is 2.30. The molecule has 1 fully saturated rings. The summed E-state index contributed by atoms with van der Waals surface area (Å²) in [6.07, 6.45) is 3.02. The van der Waals surface area contributed by atoms with Gasteiger partial charge in [-0.15, -0.1) is 0 Å². The molecule has 1 atom stereocenters. The van der Waals surface area contributed by atoms with Gasteiger partial charge in [0.05, 0.1) is 5.75 Å². The molecule has 1 saturated carbocycles. The second-order valence-corrected chi connectivity index (χ2v) is 6.14. The second-order valence-electron chi connectivity index (χ2n) is 4.27. The molecule has 1 unspecified atom stereocenters. The predicted octanol–water partition coefficient (Wildman–Crippen LogP) is 0.704. The highest BCUT2D eigenvalue weighted by Crippen LogP contribution is 2.32. The monoisotopic (exact) mass is 234 g/mol. The Morgan fingerprint density at radius 1 is 1.40 bits per heavy atom. The number of nitrogens with one attached hydrogen (secondary N) is 2. The summed E-state index contributed by atoms with van der Waals surface area (Å²) in [4.78, 5) is 0. The van der Waals surface area contributed by atoms with Crippen LogP contribution in [-0.2, 0) is 10.0 Å². The molecule has 1 rings (SSSR count). The minimum atomic E-state index is -3.06. The van der Waals surface area contributed by atoms with Gasteiger partial charge in [0.2, 0.25) is 10.0 Å². The van der Waals surface area contributed by atoms with Gasteiger partial charge in [0.25, 0.3) is 0 Å². The standard InChI is InChI=1S/C10H22N2O2S/c1-3-11-7-4-8-15(13,14)12-9(2)10-5-6-10/h9-12H,3-8H2,1-2H3. The number of sulfonamides is 1. The fourth-order valence-electron chi connectivity index (χ4n) is 1.60. The van der Waals surface area contributed by atoms with Gasteiger partial charge in [0.15, 0.2) is 0 Å². The maximum atomic E-state index is 11.6. The van der Waals surface area contributed by atoms with Crippen LogP contribution in [0.2, 0.25) is 0 Å². The Bertz CT molecular complexity index is 273. The Morgan fingerprint density at radius 3 is 2.60 bits per heavy atom. The van der Waals surface area contributed by atoms with Crippen molar-refractivity contribution in [1.29, 1.82) is 0 Å². The molecular weight excluding hydrogens is 212 g/mol. The predicted molar refractivity (Wildman–Crippen MR) is 62.3 cm³/mol. The lowest BCUT2D eigenvalue weighted by atomic mass is 10.2. The van der Waals surface area contributed by atoms with E-state index >= 15 is 0 Å². The molecule has 0 aliphatic heterocycles. The summed E-state index contributed by atoms with van der Waals surface area (Å²) in [6, 6.07) is 0.120. The number of hydrogen-bond acceptors (Lipinski definition) is 3. The van der Waals surface area contributed by atoms with Crippen molar-refractivity contribution in [3.8, 4) is 0 Å². The third kappa shape index (κ3) is 5.49. The van der Waals surface area contributed by atoms with E-state index in [2.05, 4.69) is 10.0 Å². The van der Waals surface area contributed by atoms with E-state index in [4.69, 9.17) is 0 Å². The number of hydrogen-bond donors (Lipinski definition) is 2. The van der Waals surface area contributed by atoms with Crippen LogP contribution in [-0.4, -0.2) is 33.3 Å². The van der Waals surface area contributed by atoms with E-state index in [1.54, 1.807) is 0 Å². The first-order chi connectivity index (χ1) is 7.05. The smallest absolute Gasteiger partial charge is 0.211 e. The summed E-state index contributed by atoms with van der Waals surface area (Å²) in [5.74, 6) is 0.811. The van der Waals surface area contributed by atoms with Gasteiger partial charge in [0.1, 0.15) is 0 Å². The quantitative estimate of drug-likeness (QED) is 0.608.